The van der Waals surface area contributed by atoms with Crippen LogP contribution in [0.3, 0.4) is 0 Å². The van der Waals surface area contributed by atoms with Gasteiger partial charge in [0, 0.05) is 16.1 Å². The van der Waals surface area contributed by atoms with Gasteiger partial charge >= 0.3 is 0 Å². The molecule has 0 atom stereocenters. The Morgan fingerprint density at radius 3 is 2.46 bits per heavy atom. The molecule has 142 valence electrons. The number of rotatable bonds is 7. The predicted molar refractivity (Wildman–Crippen MR) is 113 cm³/mol. The minimum atomic E-state index is -0.0435. The van der Waals surface area contributed by atoms with Crippen molar-refractivity contribution in [3.05, 3.63) is 100 Å². The number of aryl methyl sites for hydroxylation is 1. The first-order valence-electron chi connectivity index (χ1n) is 8.90. The molecule has 0 aromatic heterocycles. The molecule has 0 saturated carbocycles. The topological polar surface area (TPSA) is 35.5 Å². The van der Waals surface area contributed by atoms with E-state index in [2.05, 4.69) is 0 Å². The van der Waals surface area contributed by atoms with Crippen LogP contribution in [0.1, 0.15) is 27.0 Å². The van der Waals surface area contributed by atoms with E-state index >= 15 is 0 Å². The molecule has 3 nitrogen and oxygen atoms in total. The summed E-state index contributed by atoms with van der Waals surface area (Å²) < 4.78 is 11.3. The highest BCUT2D eigenvalue weighted by Gasteiger charge is 2.07. The molecule has 0 aliphatic carbocycles. The normalized spacial score (nSPS) is 10.8. The number of ether oxygens (including phenoxy) is 2. The zero-order valence-corrected chi connectivity index (χ0v) is 16.6. The second-order valence-electron chi connectivity index (χ2n) is 6.35. The van der Waals surface area contributed by atoms with E-state index in [1.807, 2.05) is 73.7 Å². The minimum absolute atomic E-state index is 0.0435. The summed E-state index contributed by atoms with van der Waals surface area (Å²) in [5, 5.41) is 0.663. The van der Waals surface area contributed by atoms with E-state index in [-0.39, 0.29) is 5.78 Å². The van der Waals surface area contributed by atoms with Gasteiger partial charge in [0.2, 0.25) is 0 Å². The zero-order chi connectivity index (χ0) is 19.9. The number of hydrogen-bond acceptors (Lipinski definition) is 3. The van der Waals surface area contributed by atoms with Crippen molar-refractivity contribution < 1.29 is 14.3 Å². The summed E-state index contributed by atoms with van der Waals surface area (Å²) in [5.41, 5.74) is 3.53. The number of carbonyl (C=O) groups excluding carboxylic acids is 1. The lowest BCUT2D eigenvalue weighted by atomic mass is 10.1. The van der Waals surface area contributed by atoms with Crippen LogP contribution in [0.5, 0.6) is 11.5 Å². The van der Waals surface area contributed by atoms with Crippen molar-refractivity contribution in [3.63, 3.8) is 0 Å². The first-order chi connectivity index (χ1) is 13.6. The van der Waals surface area contributed by atoms with Crippen molar-refractivity contribution in [2.45, 2.75) is 13.5 Å². The van der Waals surface area contributed by atoms with Gasteiger partial charge in [0.25, 0.3) is 0 Å². The highest BCUT2D eigenvalue weighted by atomic mass is 35.5. The number of allylic oxidation sites excluding steroid dienone is 1. The van der Waals surface area contributed by atoms with Crippen molar-refractivity contribution in [2.24, 2.45) is 0 Å². The molecule has 0 spiro atoms. The molecule has 0 heterocycles. The zero-order valence-electron chi connectivity index (χ0n) is 15.8. The van der Waals surface area contributed by atoms with E-state index in [1.165, 1.54) is 0 Å². The van der Waals surface area contributed by atoms with Gasteiger partial charge < -0.3 is 9.47 Å². The van der Waals surface area contributed by atoms with Crippen LogP contribution in [0.4, 0.5) is 0 Å². The van der Waals surface area contributed by atoms with Gasteiger partial charge in [-0.1, -0.05) is 71.8 Å². The fraction of sp³-hybridized carbons (Fsp3) is 0.125. The Labute approximate surface area is 170 Å². The lowest BCUT2D eigenvalue weighted by Crippen LogP contribution is -1.98. The number of methoxy groups -OCH3 is 1. The first-order valence-corrected chi connectivity index (χ1v) is 9.28. The van der Waals surface area contributed by atoms with Gasteiger partial charge in [-0.2, -0.15) is 0 Å². The van der Waals surface area contributed by atoms with Crippen molar-refractivity contribution >= 4 is 23.5 Å². The van der Waals surface area contributed by atoms with Gasteiger partial charge in [-0.05, 0) is 36.8 Å². The molecule has 0 unspecified atom stereocenters. The Morgan fingerprint density at radius 2 is 1.75 bits per heavy atom. The summed E-state index contributed by atoms with van der Waals surface area (Å²) in [6.07, 6.45) is 3.33. The van der Waals surface area contributed by atoms with E-state index in [0.29, 0.717) is 28.7 Å². The number of halogens is 1. The fourth-order valence-electron chi connectivity index (χ4n) is 2.66. The Hall–Kier alpha value is -3.04. The maximum Gasteiger partial charge on any atom is 0.185 e. The largest absolute Gasteiger partial charge is 0.493 e. The average Bonchev–Trinajstić information content (AvgIpc) is 2.72. The molecule has 0 N–H and O–H groups in total. The van der Waals surface area contributed by atoms with Gasteiger partial charge in [-0.3, -0.25) is 4.79 Å². The van der Waals surface area contributed by atoms with Gasteiger partial charge in [-0.25, -0.2) is 0 Å². The van der Waals surface area contributed by atoms with Crippen LogP contribution >= 0.6 is 11.6 Å². The summed E-state index contributed by atoms with van der Waals surface area (Å²) in [5.74, 6) is 1.17. The van der Waals surface area contributed by atoms with Crippen LogP contribution in [-0.2, 0) is 6.61 Å². The number of carbonyl (C=O) groups is 1. The molecule has 0 amide bonds. The van der Waals surface area contributed by atoms with Gasteiger partial charge in [0.05, 0.1) is 7.11 Å². The lowest BCUT2D eigenvalue weighted by Gasteiger charge is -2.12. The van der Waals surface area contributed by atoms with Crippen LogP contribution in [0, 0.1) is 6.92 Å². The van der Waals surface area contributed by atoms with Crippen LogP contribution in [0.15, 0.2) is 72.8 Å². The monoisotopic (exact) mass is 392 g/mol. The molecule has 0 aliphatic heterocycles. The van der Waals surface area contributed by atoms with Gasteiger partial charge in [-0.15, -0.1) is 0 Å². The molecule has 0 fully saturated rings. The van der Waals surface area contributed by atoms with Crippen LogP contribution in [-0.4, -0.2) is 12.9 Å². The second kappa shape index (κ2) is 9.25. The molecule has 0 saturated heterocycles. The summed E-state index contributed by atoms with van der Waals surface area (Å²) in [4.78, 5) is 12.3. The summed E-state index contributed by atoms with van der Waals surface area (Å²) in [6.45, 7) is 2.34. The second-order valence-corrected chi connectivity index (χ2v) is 6.76. The van der Waals surface area contributed by atoms with Crippen LogP contribution in [0.25, 0.3) is 6.08 Å². The molecule has 0 radical (unpaired) electrons. The van der Waals surface area contributed by atoms with Gasteiger partial charge in [0.15, 0.2) is 17.3 Å². The van der Waals surface area contributed by atoms with Crippen LogP contribution < -0.4 is 9.47 Å². The molecule has 0 aliphatic rings. The quantitative estimate of drug-likeness (QED) is 0.358. The van der Waals surface area contributed by atoms with Crippen LogP contribution in [0.2, 0.25) is 5.02 Å². The predicted octanol–water partition coefficient (Wildman–Crippen LogP) is 6.13. The Kier molecular flexibility index (Phi) is 6.51. The van der Waals surface area contributed by atoms with Crippen molar-refractivity contribution in [2.75, 3.05) is 7.11 Å². The molecule has 3 aromatic rings. The summed E-state index contributed by atoms with van der Waals surface area (Å²) in [7, 11) is 1.59. The number of benzene rings is 3. The fourth-order valence-corrected chi connectivity index (χ4v) is 2.85. The molecule has 3 rings (SSSR count). The third-order valence-corrected chi connectivity index (χ3v) is 4.66. The standard InChI is InChI=1S/C24H21ClO3/c1-17-7-11-19(12-8-17)22(26)13-9-18-10-14-23(24(15-18)27-2)28-16-20-5-3-4-6-21(20)25/h3-15H,16H2,1-2H3/b13-9+. The molecule has 4 heteroatoms. The van der Waals surface area contributed by atoms with E-state index in [9.17, 15) is 4.79 Å². The Bertz CT molecular complexity index is 991. The number of hydrogen-bond donors (Lipinski definition) is 0. The van der Waals surface area contributed by atoms with Crippen molar-refractivity contribution in [3.8, 4) is 11.5 Å². The molecular formula is C24H21ClO3. The summed E-state index contributed by atoms with van der Waals surface area (Å²) in [6, 6.07) is 20.6. The maximum absolute atomic E-state index is 12.3. The lowest BCUT2D eigenvalue weighted by molar-refractivity contribution is 0.104. The SMILES string of the molecule is COc1cc(/C=C/C(=O)c2ccc(C)cc2)ccc1OCc1ccccc1Cl. The minimum Gasteiger partial charge on any atom is -0.493 e. The Balaban J connectivity index is 1.71. The maximum atomic E-state index is 12.3. The highest BCUT2D eigenvalue weighted by Crippen LogP contribution is 2.30. The van der Waals surface area contributed by atoms with E-state index in [4.69, 9.17) is 21.1 Å². The van der Waals surface area contributed by atoms with Crippen molar-refractivity contribution in [1.29, 1.82) is 0 Å². The molecule has 28 heavy (non-hydrogen) atoms. The van der Waals surface area contributed by atoms with E-state index in [1.54, 1.807) is 19.3 Å². The summed E-state index contributed by atoms with van der Waals surface area (Å²) >= 11 is 6.17. The molecular weight excluding hydrogens is 372 g/mol. The molecule has 0 bridgehead atoms. The average molecular weight is 393 g/mol. The van der Waals surface area contributed by atoms with E-state index in [0.717, 1.165) is 16.7 Å². The first kappa shape index (κ1) is 19.7. The number of ketones is 1. The van der Waals surface area contributed by atoms with Crippen molar-refractivity contribution in [1.82, 2.24) is 0 Å². The molecule has 3 aromatic carbocycles. The third kappa shape index (κ3) is 5.02. The Morgan fingerprint density at radius 1 is 1.00 bits per heavy atom. The third-order valence-electron chi connectivity index (χ3n) is 4.29. The smallest absolute Gasteiger partial charge is 0.185 e. The van der Waals surface area contributed by atoms with E-state index < -0.39 is 0 Å². The van der Waals surface area contributed by atoms with Gasteiger partial charge in [0.1, 0.15) is 6.61 Å². The highest BCUT2D eigenvalue weighted by molar-refractivity contribution is 6.31.